The van der Waals surface area contributed by atoms with Crippen LogP contribution >= 0.6 is 0 Å². The largest absolute Gasteiger partial charge is 0.481 e. The number of hydrogen-bond donors (Lipinski definition) is 1. The number of aryl methyl sites for hydroxylation is 1. The van der Waals surface area contributed by atoms with Crippen LogP contribution < -0.4 is 0 Å². The second-order valence-corrected chi connectivity index (χ2v) is 10.1. The average molecular weight is 414 g/mol. The molecule has 0 saturated carbocycles. The van der Waals surface area contributed by atoms with E-state index < -0.39 is 21.1 Å². The molecule has 156 valence electrons. The van der Waals surface area contributed by atoms with Crippen LogP contribution in [0.2, 0.25) is 0 Å². The molecular weight excluding hydrogens is 386 g/mol. The summed E-state index contributed by atoms with van der Waals surface area (Å²) in [6.45, 7) is 2.61. The van der Waals surface area contributed by atoms with Gasteiger partial charge in [0.15, 0.2) is 9.84 Å². The zero-order valence-electron chi connectivity index (χ0n) is 16.4. The van der Waals surface area contributed by atoms with Gasteiger partial charge in [-0.15, -0.1) is 10.2 Å². The molecule has 11 heteroatoms. The van der Waals surface area contributed by atoms with Crippen LogP contribution in [0.15, 0.2) is 0 Å². The van der Waals surface area contributed by atoms with Gasteiger partial charge >= 0.3 is 0 Å². The predicted octanol–water partition coefficient (Wildman–Crippen LogP) is -0.495. The quantitative estimate of drug-likeness (QED) is 0.688. The topological polar surface area (TPSA) is 126 Å². The zero-order chi connectivity index (χ0) is 20.6. The van der Waals surface area contributed by atoms with Crippen LogP contribution in [0.5, 0.6) is 0 Å². The van der Waals surface area contributed by atoms with E-state index in [0.717, 1.165) is 38.6 Å². The minimum Gasteiger partial charge on any atom is -0.481 e. The number of sulfone groups is 1. The molecule has 0 aromatic carbocycles. The van der Waals surface area contributed by atoms with E-state index in [2.05, 4.69) is 10.2 Å². The van der Waals surface area contributed by atoms with Crippen molar-refractivity contribution >= 4 is 21.7 Å². The third kappa shape index (κ3) is 3.90. The molecule has 0 aliphatic carbocycles. The maximum absolute atomic E-state index is 12.9. The molecule has 1 N–H and O–H groups in total. The number of fused-ring (bicyclic) bond motifs is 2. The first-order chi connectivity index (χ1) is 13.1. The van der Waals surface area contributed by atoms with Crippen molar-refractivity contribution in [2.24, 2.45) is 5.92 Å². The van der Waals surface area contributed by atoms with E-state index in [1.165, 1.54) is 0 Å². The van der Waals surface area contributed by atoms with Gasteiger partial charge in [-0.25, -0.2) is 8.42 Å². The Labute approximate surface area is 164 Å². The monoisotopic (exact) mass is 413 g/mol. The van der Waals surface area contributed by atoms with Gasteiger partial charge in [0.1, 0.15) is 5.82 Å². The van der Waals surface area contributed by atoms with Crippen LogP contribution in [0.3, 0.4) is 0 Å². The second kappa shape index (κ2) is 7.78. The van der Waals surface area contributed by atoms with Gasteiger partial charge in [0, 0.05) is 44.9 Å². The summed E-state index contributed by atoms with van der Waals surface area (Å²) >= 11 is 0. The Hall–Kier alpha value is -2.01. The molecule has 2 saturated heterocycles. The molecule has 28 heavy (non-hydrogen) atoms. The van der Waals surface area contributed by atoms with Gasteiger partial charge in [0.2, 0.25) is 5.82 Å². The fraction of sp³-hybridized carbons (Fsp3) is 0.765. The first-order valence-electron chi connectivity index (χ1n) is 9.40. The van der Waals surface area contributed by atoms with E-state index >= 15 is 0 Å². The van der Waals surface area contributed by atoms with Crippen molar-refractivity contribution < 1.29 is 23.1 Å². The summed E-state index contributed by atoms with van der Waals surface area (Å²) in [6, 6.07) is -0.0230. The van der Waals surface area contributed by atoms with Crippen LogP contribution in [0.1, 0.15) is 36.2 Å². The molecule has 1 aromatic heterocycles. The zero-order valence-corrected chi connectivity index (χ0v) is 17.2. The molecule has 3 atom stereocenters. The Morgan fingerprint density at radius 2 is 1.86 bits per heavy atom. The van der Waals surface area contributed by atoms with Crippen LogP contribution in [-0.4, -0.2) is 94.2 Å². The highest BCUT2D eigenvalue weighted by Crippen LogP contribution is 2.36. The highest BCUT2D eigenvalue weighted by Gasteiger charge is 2.54. The van der Waals surface area contributed by atoms with E-state index in [0.29, 0.717) is 12.4 Å². The molecule has 2 fully saturated rings. The van der Waals surface area contributed by atoms with Crippen LogP contribution in [0.25, 0.3) is 0 Å². The molecule has 1 amide bonds. The normalized spacial score (nSPS) is 27.7. The number of aliphatic carboxylic acids is 1. The summed E-state index contributed by atoms with van der Waals surface area (Å²) in [5.74, 6) is 0.388. The molecule has 4 rings (SSSR count). The molecular formula is C17H27N5O5S. The third-order valence-electron chi connectivity index (χ3n) is 5.67. The van der Waals surface area contributed by atoms with Crippen LogP contribution in [-0.2, 0) is 27.6 Å². The van der Waals surface area contributed by atoms with E-state index in [1.807, 2.05) is 23.6 Å². The van der Waals surface area contributed by atoms with Gasteiger partial charge in [-0.2, -0.15) is 0 Å². The molecule has 3 aliphatic rings. The lowest BCUT2D eigenvalue weighted by atomic mass is 10.00. The average Bonchev–Trinajstić information content (AvgIpc) is 3.28. The van der Waals surface area contributed by atoms with Gasteiger partial charge in [0.25, 0.3) is 11.9 Å². The molecule has 0 spiro atoms. The SMILES string of the molecule is CC(=O)O.CN(C)[C@@H]1CS(=O)(=O)[C@H]2CN(C(=O)c3nnc4n3CCCC4)C[C@@H]12. The van der Waals surface area contributed by atoms with Crippen molar-refractivity contribution in [3.63, 3.8) is 0 Å². The van der Waals surface area contributed by atoms with Crippen LogP contribution in [0, 0.1) is 5.92 Å². The third-order valence-corrected chi connectivity index (χ3v) is 7.90. The molecule has 3 aliphatic heterocycles. The lowest BCUT2D eigenvalue weighted by molar-refractivity contribution is -0.134. The number of amides is 1. The smallest absolute Gasteiger partial charge is 0.300 e. The van der Waals surface area contributed by atoms with Gasteiger partial charge in [0.05, 0.1) is 11.0 Å². The summed E-state index contributed by atoms with van der Waals surface area (Å²) in [5, 5.41) is 15.2. The fourth-order valence-electron chi connectivity index (χ4n) is 4.34. The second-order valence-electron chi connectivity index (χ2n) is 7.84. The predicted molar refractivity (Wildman–Crippen MR) is 101 cm³/mol. The Morgan fingerprint density at radius 1 is 1.18 bits per heavy atom. The highest BCUT2D eigenvalue weighted by molar-refractivity contribution is 7.92. The number of aromatic nitrogens is 3. The Balaban J connectivity index is 0.000000516. The summed E-state index contributed by atoms with van der Waals surface area (Å²) in [7, 11) is 0.660. The van der Waals surface area contributed by atoms with E-state index in [4.69, 9.17) is 9.90 Å². The van der Waals surface area contributed by atoms with Crippen molar-refractivity contribution in [3.05, 3.63) is 11.6 Å². The molecule has 1 aromatic rings. The van der Waals surface area contributed by atoms with Crippen molar-refractivity contribution in [1.82, 2.24) is 24.6 Å². The number of carboxylic acid groups (broad SMARTS) is 1. The van der Waals surface area contributed by atoms with Crippen molar-refractivity contribution in [2.45, 2.75) is 44.0 Å². The van der Waals surface area contributed by atoms with E-state index in [1.54, 1.807) is 4.90 Å². The van der Waals surface area contributed by atoms with Crippen LogP contribution in [0.4, 0.5) is 0 Å². The molecule has 4 heterocycles. The number of likely N-dealkylation sites (tertiary alicyclic amines) is 1. The lowest BCUT2D eigenvalue weighted by Gasteiger charge is -2.25. The van der Waals surface area contributed by atoms with Crippen molar-refractivity contribution in [3.8, 4) is 0 Å². The lowest BCUT2D eigenvalue weighted by Crippen LogP contribution is -2.39. The van der Waals surface area contributed by atoms with Crippen molar-refractivity contribution in [1.29, 1.82) is 0 Å². The maximum atomic E-state index is 12.9. The Bertz CT molecular complexity index is 861. The fourth-order valence-corrected chi connectivity index (χ4v) is 6.82. The minimum absolute atomic E-state index is 0.0160. The van der Waals surface area contributed by atoms with Gasteiger partial charge < -0.3 is 19.5 Å². The number of hydrogen-bond acceptors (Lipinski definition) is 7. The van der Waals surface area contributed by atoms with Crippen molar-refractivity contribution in [2.75, 3.05) is 32.9 Å². The summed E-state index contributed by atoms with van der Waals surface area (Å²) < 4.78 is 26.8. The summed E-state index contributed by atoms with van der Waals surface area (Å²) in [6.07, 6.45) is 2.94. The molecule has 10 nitrogen and oxygen atoms in total. The number of carbonyl (C=O) groups excluding carboxylic acids is 1. The van der Waals surface area contributed by atoms with Gasteiger partial charge in [-0.1, -0.05) is 0 Å². The highest BCUT2D eigenvalue weighted by atomic mass is 32.2. The van der Waals surface area contributed by atoms with E-state index in [-0.39, 0.29) is 30.2 Å². The molecule has 0 bridgehead atoms. The number of rotatable bonds is 2. The number of carboxylic acids is 1. The standard InChI is InChI=1S/C15H23N5O3S.C2H4O2/c1-18(2)11-9-24(22,23)12-8-19(7-10(11)12)15(21)14-17-16-13-5-3-4-6-20(13)14;1-2(3)4/h10-12H,3-9H2,1-2H3;1H3,(H,3,4)/t10-,11+,12-;/m0./s1. The summed E-state index contributed by atoms with van der Waals surface area (Å²) in [5.41, 5.74) is 0. The Kier molecular flexibility index (Phi) is 5.76. The number of carbonyl (C=O) groups is 2. The minimum atomic E-state index is -3.15. The van der Waals surface area contributed by atoms with Gasteiger partial charge in [-0.05, 0) is 26.9 Å². The maximum Gasteiger partial charge on any atom is 0.300 e. The summed E-state index contributed by atoms with van der Waals surface area (Å²) in [4.78, 5) is 25.5. The Morgan fingerprint density at radius 3 is 2.50 bits per heavy atom. The molecule has 0 radical (unpaired) electrons. The molecule has 0 unspecified atom stereocenters. The van der Waals surface area contributed by atoms with Gasteiger partial charge in [-0.3, -0.25) is 9.59 Å². The number of nitrogens with zero attached hydrogens (tertiary/aromatic N) is 5. The first kappa shape index (κ1) is 20.7. The first-order valence-corrected chi connectivity index (χ1v) is 11.1. The van der Waals surface area contributed by atoms with E-state index in [9.17, 15) is 13.2 Å².